The van der Waals surface area contributed by atoms with Crippen molar-refractivity contribution in [3.05, 3.63) is 53.3 Å². The Morgan fingerprint density at radius 2 is 1.86 bits per heavy atom. The zero-order valence-corrected chi connectivity index (χ0v) is 11.6. The zero-order chi connectivity index (χ0) is 14.7. The molecule has 0 amide bonds. The lowest BCUT2D eigenvalue weighted by molar-refractivity contribution is 0.318. The maximum atomic E-state index is 8.60. The maximum absolute atomic E-state index is 8.60. The van der Waals surface area contributed by atoms with Crippen LogP contribution in [-0.4, -0.2) is 16.0 Å². The second kappa shape index (κ2) is 5.83. The third kappa shape index (κ3) is 2.97. The van der Waals surface area contributed by atoms with Gasteiger partial charge in [-0.15, -0.1) is 0 Å². The van der Waals surface area contributed by atoms with Gasteiger partial charge in [0, 0.05) is 0 Å². The number of oxime groups is 1. The molecule has 0 radical (unpaired) electrons. The molecule has 108 valence electrons. The van der Waals surface area contributed by atoms with Gasteiger partial charge < -0.3 is 15.7 Å². The van der Waals surface area contributed by atoms with Crippen LogP contribution in [0.3, 0.4) is 0 Å². The molecular weight excluding hydrogens is 266 g/mol. The number of benzene rings is 1. The van der Waals surface area contributed by atoms with E-state index in [1.54, 1.807) is 18.3 Å². The highest BCUT2D eigenvalue weighted by atomic mass is 16.5. The van der Waals surface area contributed by atoms with E-state index in [4.69, 9.17) is 15.7 Å². The van der Waals surface area contributed by atoms with Crippen LogP contribution in [0.5, 0.6) is 11.5 Å². The number of hydrogen-bond donors (Lipinski definition) is 2. The summed E-state index contributed by atoms with van der Waals surface area (Å²) in [4.78, 5) is 4.09. The SMILES string of the molecule is N/C(=N/O)c1ccc(Oc2ccc3c(c2)CCCC3)cn1. The molecule has 3 N–H and O–H groups in total. The van der Waals surface area contributed by atoms with Gasteiger partial charge in [0.1, 0.15) is 17.2 Å². The Balaban J connectivity index is 1.77. The minimum absolute atomic E-state index is 0.0182. The van der Waals surface area contributed by atoms with Crippen molar-refractivity contribution in [2.75, 3.05) is 0 Å². The van der Waals surface area contributed by atoms with E-state index >= 15 is 0 Å². The van der Waals surface area contributed by atoms with Crippen molar-refractivity contribution in [3.63, 3.8) is 0 Å². The van der Waals surface area contributed by atoms with Gasteiger partial charge in [0.15, 0.2) is 5.84 Å². The van der Waals surface area contributed by atoms with E-state index in [9.17, 15) is 0 Å². The van der Waals surface area contributed by atoms with Crippen LogP contribution in [0, 0.1) is 0 Å². The van der Waals surface area contributed by atoms with Crippen LogP contribution in [0.15, 0.2) is 41.7 Å². The van der Waals surface area contributed by atoms with Crippen LogP contribution in [0.2, 0.25) is 0 Å². The first-order valence-corrected chi connectivity index (χ1v) is 7.00. The van der Waals surface area contributed by atoms with Crippen molar-refractivity contribution in [2.45, 2.75) is 25.7 Å². The second-order valence-corrected chi connectivity index (χ2v) is 5.10. The predicted molar refractivity (Wildman–Crippen MR) is 79.9 cm³/mol. The highest BCUT2D eigenvalue weighted by Crippen LogP contribution is 2.28. The number of ether oxygens (including phenoxy) is 1. The van der Waals surface area contributed by atoms with Gasteiger partial charge >= 0.3 is 0 Å². The Labute approximate surface area is 123 Å². The number of nitrogens with zero attached hydrogens (tertiary/aromatic N) is 2. The van der Waals surface area contributed by atoms with Gasteiger partial charge in [0.2, 0.25) is 0 Å². The van der Waals surface area contributed by atoms with Crippen LogP contribution in [0.4, 0.5) is 0 Å². The van der Waals surface area contributed by atoms with E-state index in [0.717, 1.165) is 18.6 Å². The molecule has 1 heterocycles. The number of fused-ring (bicyclic) bond motifs is 1. The number of aromatic nitrogens is 1. The molecule has 0 spiro atoms. The molecule has 5 nitrogen and oxygen atoms in total. The summed E-state index contributed by atoms with van der Waals surface area (Å²) in [5.74, 6) is 1.42. The summed E-state index contributed by atoms with van der Waals surface area (Å²) in [5, 5.41) is 11.5. The first-order chi connectivity index (χ1) is 10.3. The Morgan fingerprint density at radius 1 is 1.10 bits per heavy atom. The monoisotopic (exact) mass is 283 g/mol. The summed E-state index contributed by atoms with van der Waals surface area (Å²) in [6.07, 6.45) is 6.35. The number of aryl methyl sites for hydroxylation is 2. The second-order valence-electron chi connectivity index (χ2n) is 5.10. The Morgan fingerprint density at radius 3 is 2.57 bits per heavy atom. The highest BCUT2D eigenvalue weighted by molar-refractivity contribution is 5.95. The number of rotatable bonds is 3. The minimum atomic E-state index is -0.0182. The van der Waals surface area contributed by atoms with E-state index in [1.807, 2.05) is 6.07 Å². The summed E-state index contributed by atoms with van der Waals surface area (Å²) >= 11 is 0. The van der Waals surface area contributed by atoms with E-state index < -0.39 is 0 Å². The van der Waals surface area contributed by atoms with Crippen molar-refractivity contribution < 1.29 is 9.94 Å². The molecule has 0 atom stereocenters. The van der Waals surface area contributed by atoms with Crippen molar-refractivity contribution in [1.29, 1.82) is 0 Å². The Bertz CT molecular complexity index is 666. The average Bonchev–Trinajstić information content (AvgIpc) is 2.55. The van der Waals surface area contributed by atoms with Crippen molar-refractivity contribution in [2.24, 2.45) is 10.9 Å². The molecule has 0 bridgehead atoms. The third-order valence-corrected chi connectivity index (χ3v) is 3.66. The molecule has 21 heavy (non-hydrogen) atoms. The summed E-state index contributed by atoms with van der Waals surface area (Å²) in [7, 11) is 0. The third-order valence-electron chi connectivity index (χ3n) is 3.66. The lowest BCUT2D eigenvalue weighted by Crippen LogP contribution is -2.14. The van der Waals surface area contributed by atoms with E-state index in [1.165, 1.54) is 24.0 Å². The maximum Gasteiger partial charge on any atom is 0.188 e. The fourth-order valence-corrected chi connectivity index (χ4v) is 2.55. The van der Waals surface area contributed by atoms with Gasteiger partial charge in [0.25, 0.3) is 0 Å². The summed E-state index contributed by atoms with van der Waals surface area (Å²) in [6, 6.07) is 9.64. The predicted octanol–water partition coefficient (Wildman–Crippen LogP) is 2.85. The average molecular weight is 283 g/mol. The fourth-order valence-electron chi connectivity index (χ4n) is 2.55. The summed E-state index contributed by atoms with van der Waals surface area (Å²) in [5.41, 5.74) is 8.68. The number of amidine groups is 1. The molecule has 0 fully saturated rings. The number of hydrogen-bond acceptors (Lipinski definition) is 4. The van der Waals surface area contributed by atoms with Gasteiger partial charge in [-0.05, 0) is 61.1 Å². The molecule has 1 aliphatic rings. The van der Waals surface area contributed by atoms with Gasteiger partial charge in [-0.3, -0.25) is 0 Å². The summed E-state index contributed by atoms with van der Waals surface area (Å²) < 4.78 is 5.81. The first kappa shape index (κ1) is 13.4. The molecule has 0 saturated heterocycles. The molecule has 0 aliphatic heterocycles. The minimum Gasteiger partial charge on any atom is -0.456 e. The highest BCUT2D eigenvalue weighted by Gasteiger charge is 2.10. The molecule has 1 aliphatic carbocycles. The quantitative estimate of drug-likeness (QED) is 0.393. The van der Waals surface area contributed by atoms with E-state index in [-0.39, 0.29) is 5.84 Å². The standard InChI is InChI=1S/C16H17N3O2/c17-16(19-20)15-8-7-14(10-18-15)21-13-6-5-11-3-1-2-4-12(11)9-13/h5-10,20H,1-4H2,(H2,17,19). The zero-order valence-electron chi connectivity index (χ0n) is 11.6. The topological polar surface area (TPSA) is 80.7 Å². The van der Waals surface area contributed by atoms with E-state index in [0.29, 0.717) is 11.4 Å². The fraction of sp³-hybridized carbons (Fsp3) is 0.250. The smallest absolute Gasteiger partial charge is 0.188 e. The Kier molecular flexibility index (Phi) is 3.73. The lowest BCUT2D eigenvalue weighted by atomic mass is 9.92. The summed E-state index contributed by atoms with van der Waals surface area (Å²) in [6.45, 7) is 0. The largest absolute Gasteiger partial charge is 0.456 e. The van der Waals surface area contributed by atoms with Crippen molar-refractivity contribution in [1.82, 2.24) is 4.98 Å². The van der Waals surface area contributed by atoms with Crippen LogP contribution in [0.25, 0.3) is 0 Å². The number of nitrogens with two attached hydrogens (primary N) is 1. The first-order valence-electron chi connectivity index (χ1n) is 7.00. The molecule has 3 rings (SSSR count). The Hall–Kier alpha value is -2.56. The van der Waals surface area contributed by atoms with Crippen LogP contribution in [0.1, 0.15) is 29.7 Å². The lowest BCUT2D eigenvalue weighted by Gasteiger charge is -2.16. The molecule has 1 aromatic carbocycles. The van der Waals surface area contributed by atoms with Crippen molar-refractivity contribution >= 4 is 5.84 Å². The van der Waals surface area contributed by atoms with E-state index in [2.05, 4.69) is 22.3 Å². The van der Waals surface area contributed by atoms with Gasteiger partial charge in [-0.1, -0.05) is 11.2 Å². The van der Waals surface area contributed by atoms with Crippen LogP contribution in [-0.2, 0) is 12.8 Å². The number of pyridine rings is 1. The molecule has 5 heteroatoms. The van der Waals surface area contributed by atoms with Gasteiger partial charge in [0.05, 0.1) is 6.20 Å². The van der Waals surface area contributed by atoms with Crippen molar-refractivity contribution in [3.8, 4) is 11.5 Å². The molecule has 2 aromatic rings. The molecular formula is C16H17N3O2. The molecule has 1 aromatic heterocycles. The normalized spacial score (nSPS) is 14.6. The molecule has 0 saturated carbocycles. The van der Waals surface area contributed by atoms with Gasteiger partial charge in [-0.2, -0.15) is 0 Å². The van der Waals surface area contributed by atoms with Crippen LogP contribution >= 0.6 is 0 Å². The molecule has 0 unspecified atom stereocenters. The van der Waals surface area contributed by atoms with Gasteiger partial charge in [-0.25, -0.2) is 4.98 Å². The van der Waals surface area contributed by atoms with Crippen LogP contribution < -0.4 is 10.5 Å².